The molecule has 0 fully saturated rings. The molecule has 0 aliphatic rings. The van der Waals surface area contributed by atoms with Gasteiger partial charge in [-0.3, -0.25) is 0 Å². The summed E-state index contributed by atoms with van der Waals surface area (Å²) in [6.45, 7) is 1.78. The van der Waals surface area contributed by atoms with Gasteiger partial charge in [0, 0.05) is 10.9 Å². The van der Waals surface area contributed by atoms with Crippen molar-refractivity contribution in [1.29, 1.82) is 5.26 Å². The highest BCUT2D eigenvalue weighted by molar-refractivity contribution is 6.30. The van der Waals surface area contributed by atoms with E-state index < -0.39 is 6.10 Å². The van der Waals surface area contributed by atoms with Crippen molar-refractivity contribution in [3.05, 3.63) is 70.2 Å². The smallest absolute Gasteiger partial charge is 0.0991 e. The Hall–Kier alpha value is -1.82. The summed E-state index contributed by atoms with van der Waals surface area (Å²) in [6, 6.07) is 17.2. The fourth-order valence-electron chi connectivity index (χ4n) is 2.28. The van der Waals surface area contributed by atoms with Crippen LogP contribution in [0.4, 0.5) is 0 Å². The number of nitrogens with zero attached hydrogens (tertiary/aromatic N) is 1. The van der Waals surface area contributed by atoms with Crippen LogP contribution in [0, 0.1) is 11.3 Å². The lowest BCUT2D eigenvalue weighted by atomic mass is 9.87. The zero-order valence-corrected chi connectivity index (χ0v) is 12.0. The van der Waals surface area contributed by atoms with Crippen molar-refractivity contribution in [2.75, 3.05) is 0 Å². The van der Waals surface area contributed by atoms with E-state index in [1.165, 1.54) is 0 Å². The molecule has 0 unspecified atom stereocenters. The Balaban J connectivity index is 2.27. The Bertz CT molecular complexity index is 614. The summed E-state index contributed by atoms with van der Waals surface area (Å²) < 4.78 is 0. The highest BCUT2D eigenvalue weighted by Gasteiger charge is 2.18. The van der Waals surface area contributed by atoms with E-state index in [0.29, 0.717) is 17.0 Å². The number of halogens is 1. The lowest BCUT2D eigenvalue weighted by Crippen LogP contribution is -2.17. The van der Waals surface area contributed by atoms with Crippen molar-refractivity contribution in [3.8, 4) is 6.07 Å². The molecule has 0 aliphatic heterocycles. The standard InChI is InChI=1S/C17H16ClNO/c1-12(20)17(10-13-5-7-16(18)8-6-13)15-4-2-3-14(9-15)11-19/h2-9,12,17,20H,10H2,1H3/t12-,17-/m1/s1. The molecule has 2 atom stereocenters. The molecule has 102 valence electrons. The quantitative estimate of drug-likeness (QED) is 0.925. The Morgan fingerprint density at radius 3 is 2.50 bits per heavy atom. The number of benzene rings is 2. The SMILES string of the molecule is C[C@@H](O)[C@@H](Cc1ccc(Cl)cc1)c1cccc(C#N)c1. The number of aliphatic hydroxyl groups excluding tert-OH is 1. The molecule has 0 aliphatic carbocycles. The molecule has 3 heteroatoms. The van der Waals surface area contributed by atoms with E-state index in [4.69, 9.17) is 16.9 Å². The van der Waals surface area contributed by atoms with Gasteiger partial charge in [0.1, 0.15) is 0 Å². The maximum atomic E-state index is 10.0. The molecule has 0 bridgehead atoms. The van der Waals surface area contributed by atoms with Gasteiger partial charge in [-0.1, -0.05) is 35.9 Å². The molecule has 0 aromatic heterocycles. The molecule has 2 aromatic carbocycles. The van der Waals surface area contributed by atoms with E-state index in [9.17, 15) is 5.11 Å². The third-order valence-electron chi connectivity index (χ3n) is 3.40. The molecule has 0 spiro atoms. The Morgan fingerprint density at radius 2 is 1.90 bits per heavy atom. The number of rotatable bonds is 4. The first kappa shape index (κ1) is 14.6. The van der Waals surface area contributed by atoms with Crippen LogP contribution < -0.4 is 0 Å². The highest BCUT2D eigenvalue weighted by Crippen LogP contribution is 2.26. The molecule has 2 rings (SSSR count). The monoisotopic (exact) mass is 285 g/mol. The van der Waals surface area contributed by atoms with Crippen molar-refractivity contribution in [1.82, 2.24) is 0 Å². The van der Waals surface area contributed by atoms with E-state index in [1.807, 2.05) is 42.5 Å². The van der Waals surface area contributed by atoms with E-state index in [-0.39, 0.29) is 5.92 Å². The molecule has 0 saturated carbocycles. The first-order valence-electron chi connectivity index (χ1n) is 6.52. The predicted molar refractivity (Wildman–Crippen MR) is 80.7 cm³/mol. The van der Waals surface area contributed by atoms with Gasteiger partial charge in [0.2, 0.25) is 0 Å². The van der Waals surface area contributed by atoms with Gasteiger partial charge in [-0.15, -0.1) is 0 Å². The topological polar surface area (TPSA) is 44.0 Å². The van der Waals surface area contributed by atoms with Crippen molar-refractivity contribution in [3.63, 3.8) is 0 Å². The van der Waals surface area contributed by atoms with Gasteiger partial charge in [-0.2, -0.15) is 5.26 Å². The second-order valence-electron chi connectivity index (χ2n) is 4.91. The molecule has 1 N–H and O–H groups in total. The van der Waals surface area contributed by atoms with Crippen LogP contribution in [-0.2, 0) is 6.42 Å². The van der Waals surface area contributed by atoms with Gasteiger partial charge >= 0.3 is 0 Å². The van der Waals surface area contributed by atoms with Gasteiger partial charge in [-0.05, 0) is 48.7 Å². The summed E-state index contributed by atoms with van der Waals surface area (Å²) in [5.74, 6) is -0.0375. The van der Waals surface area contributed by atoms with Crippen molar-refractivity contribution in [2.45, 2.75) is 25.4 Å². The fraction of sp³-hybridized carbons (Fsp3) is 0.235. The zero-order valence-electron chi connectivity index (χ0n) is 11.3. The number of hydrogen-bond donors (Lipinski definition) is 1. The fourth-order valence-corrected chi connectivity index (χ4v) is 2.41. The molecular weight excluding hydrogens is 270 g/mol. The van der Waals surface area contributed by atoms with Crippen LogP contribution in [-0.4, -0.2) is 11.2 Å². The molecule has 2 aromatic rings. The van der Waals surface area contributed by atoms with Crippen molar-refractivity contribution < 1.29 is 5.11 Å². The maximum absolute atomic E-state index is 10.0. The van der Waals surface area contributed by atoms with Gasteiger partial charge in [0.05, 0.1) is 17.7 Å². The number of nitriles is 1. The van der Waals surface area contributed by atoms with Crippen LogP contribution >= 0.6 is 11.6 Å². The lowest BCUT2D eigenvalue weighted by molar-refractivity contribution is 0.161. The maximum Gasteiger partial charge on any atom is 0.0991 e. The van der Waals surface area contributed by atoms with Gasteiger partial charge in [0.15, 0.2) is 0 Å². The third kappa shape index (κ3) is 3.60. The van der Waals surface area contributed by atoms with Crippen LogP contribution in [0.5, 0.6) is 0 Å². The molecule has 0 heterocycles. The first-order chi connectivity index (χ1) is 9.60. The largest absolute Gasteiger partial charge is 0.393 e. The molecule has 0 radical (unpaired) electrons. The molecule has 2 nitrogen and oxygen atoms in total. The van der Waals surface area contributed by atoms with Gasteiger partial charge < -0.3 is 5.11 Å². The van der Waals surface area contributed by atoms with E-state index >= 15 is 0 Å². The first-order valence-corrected chi connectivity index (χ1v) is 6.90. The molecular formula is C17H16ClNO. The Morgan fingerprint density at radius 1 is 1.20 bits per heavy atom. The van der Waals surface area contributed by atoms with Crippen LogP contribution in [0.25, 0.3) is 0 Å². The van der Waals surface area contributed by atoms with Gasteiger partial charge in [-0.25, -0.2) is 0 Å². The zero-order chi connectivity index (χ0) is 14.5. The number of aliphatic hydroxyl groups is 1. The summed E-state index contributed by atoms with van der Waals surface area (Å²) in [6.07, 6.45) is 0.226. The molecule has 0 amide bonds. The third-order valence-corrected chi connectivity index (χ3v) is 3.65. The van der Waals surface area contributed by atoms with Crippen molar-refractivity contribution >= 4 is 11.6 Å². The normalized spacial score (nSPS) is 13.5. The minimum atomic E-state index is -0.486. The number of hydrogen-bond acceptors (Lipinski definition) is 2. The average Bonchev–Trinajstić information content (AvgIpc) is 2.46. The van der Waals surface area contributed by atoms with Crippen LogP contribution in [0.3, 0.4) is 0 Å². The van der Waals surface area contributed by atoms with Crippen LogP contribution in [0.1, 0.15) is 29.5 Å². The van der Waals surface area contributed by atoms with E-state index in [2.05, 4.69) is 6.07 Å². The second-order valence-corrected chi connectivity index (χ2v) is 5.35. The summed E-state index contributed by atoms with van der Waals surface area (Å²) >= 11 is 5.88. The Labute approximate surface area is 124 Å². The van der Waals surface area contributed by atoms with E-state index in [1.54, 1.807) is 13.0 Å². The summed E-state index contributed by atoms with van der Waals surface area (Å²) in [4.78, 5) is 0. The van der Waals surface area contributed by atoms with Crippen LogP contribution in [0.15, 0.2) is 48.5 Å². The average molecular weight is 286 g/mol. The minimum Gasteiger partial charge on any atom is -0.393 e. The summed E-state index contributed by atoms with van der Waals surface area (Å²) in [7, 11) is 0. The van der Waals surface area contributed by atoms with E-state index in [0.717, 1.165) is 11.1 Å². The van der Waals surface area contributed by atoms with Gasteiger partial charge in [0.25, 0.3) is 0 Å². The van der Waals surface area contributed by atoms with Crippen molar-refractivity contribution in [2.24, 2.45) is 0 Å². The molecule has 0 saturated heterocycles. The van der Waals surface area contributed by atoms with Crippen LogP contribution in [0.2, 0.25) is 5.02 Å². The lowest BCUT2D eigenvalue weighted by Gasteiger charge is -2.21. The second kappa shape index (κ2) is 6.56. The predicted octanol–water partition coefficient (Wildman–Crippen LogP) is 3.92. The highest BCUT2D eigenvalue weighted by atomic mass is 35.5. The molecule has 20 heavy (non-hydrogen) atoms. The minimum absolute atomic E-state index is 0.0375. The summed E-state index contributed by atoms with van der Waals surface area (Å²) in [5, 5.41) is 19.7. The Kier molecular flexibility index (Phi) is 4.79. The summed E-state index contributed by atoms with van der Waals surface area (Å²) in [5.41, 5.74) is 2.71.